The molecule has 1 heterocycles. The van der Waals surface area contributed by atoms with Crippen LogP contribution in [0.4, 0.5) is 5.69 Å². The molecule has 1 amide bonds. The fraction of sp³-hybridized carbons (Fsp3) is 0.176. The van der Waals surface area contributed by atoms with Gasteiger partial charge in [-0.2, -0.15) is 0 Å². The molecule has 0 aromatic heterocycles. The number of anilines is 1. The van der Waals surface area contributed by atoms with E-state index in [4.69, 9.17) is 5.73 Å². The Bertz CT molecular complexity index is 722. The van der Waals surface area contributed by atoms with E-state index in [9.17, 15) is 4.79 Å². The molecular weight excluding hydrogens is 262 g/mol. The van der Waals surface area contributed by atoms with E-state index in [0.717, 1.165) is 28.1 Å². The number of rotatable bonds is 1. The summed E-state index contributed by atoms with van der Waals surface area (Å²) in [5.74, 6) is -0.201. The molecule has 21 heavy (non-hydrogen) atoms. The number of nitrogens with two attached hydrogens (primary N) is 1. The standard InChI is InChI=1S/C17H17N3O/c1-11-8-9-13-14(10-11)20(2)17(21)16(18)19-15(13)12-6-4-3-5-7-12/h3-10,16H,18H2,1-2H3/t16-/m0/s1. The molecule has 4 heteroatoms. The van der Waals surface area contributed by atoms with Gasteiger partial charge >= 0.3 is 0 Å². The zero-order chi connectivity index (χ0) is 15.0. The maximum atomic E-state index is 12.3. The third-order valence-corrected chi connectivity index (χ3v) is 3.67. The van der Waals surface area contributed by atoms with E-state index in [2.05, 4.69) is 4.99 Å². The number of aryl methyl sites for hydroxylation is 1. The number of hydrogen-bond donors (Lipinski definition) is 1. The second-order valence-electron chi connectivity index (χ2n) is 5.21. The number of likely N-dealkylation sites (N-methyl/N-ethyl adjacent to an activating group) is 1. The van der Waals surface area contributed by atoms with Crippen LogP contribution in [-0.4, -0.2) is 24.8 Å². The number of fused-ring (bicyclic) bond motifs is 1. The normalized spacial score (nSPS) is 18.0. The van der Waals surface area contributed by atoms with Crippen molar-refractivity contribution in [3.05, 3.63) is 65.2 Å². The first kappa shape index (κ1) is 13.5. The summed E-state index contributed by atoms with van der Waals surface area (Å²) < 4.78 is 0. The first-order chi connectivity index (χ1) is 10.1. The third kappa shape index (κ3) is 2.34. The van der Waals surface area contributed by atoms with Gasteiger partial charge in [0.25, 0.3) is 5.91 Å². The number of benzodiazepines with no additional fused rings is 1. The highest BCUT2D eigenvalue weighted by atomic mass is 16.2. The molecule has 1 aliphatic heterocycles. The minimum Gasteiger partial charge on any atom is -0.312 e. The molecule has 106 valence electrons. The fourth-order valence-electron chi connectivity index (χ4n) is 2.53. The lowest BCUT2D eigenvalue weighted by Crippen LogP contribution is -2.39. The van der Waals surface area contributed by atoms with E-state index in [1.807, 2.05) is 55.5 Å². The van der Waals surface area contributed by atoms with Gasteiger partial charge in [0.1, 0.15) is 0 Å². The molecule has 0 bridgehead atoms. The summed E-state index contributed by atoms with van der Waals surface area (Å²) in [6.07, 6.45) is -0.877. The van der Waals surface area contributed by atoms with Crippen molar-refractivity contribution in [2.24, 2.45) is 10.7 Å². The van der Waals surface area contributed by atoms with Crippen molar-refractivity contribution in [1.29, 1.82) is 0 Å². The van der Waals surface area contributed by atoms with Crippen LogP contribution >= 0.6 is 0 Å². The van der Waals surface area contributed by atoms with Crippen molar-refractivity contribution in [3.63, 3.8) is 0 Å². The molecule has 2 N–H and O–H groups in total. The molecule has 2 aromatic carbocycles. The van der Waals surface area contributed by atoms with E-state index >= 15 is 0 Å². The summed E-state index contributed by atoms with van der Waals surface area (Å²) in [6.45, 7) is 2.00. The Morgan fingerprint density at radius 1 is 1.14 bits per heavy atom. The minimum atomic E-state index is -0.877. The lowest BCUT2D eigenvalue weighted by atomic mass is 9.99. The van der Waals surface area contributed by atoms with Gasteiger partial charge < -0.3 is 10.6 Å². The van der Waals surface area contributed by atoms with Crippen LogP contribution in [0.25, 0.3) is 0 Å². The summed E-state index contributed by atoms with van der Waals surface area (Å²) >= 11 is 0. The average Bonchev–Trinajstić information content (AvgIpc) is 2.59. The molecule has 0 aliphatic carbocycles. The lowest BCUT2D eigenvalue weighted by Gasteiger charge is -2.19. The van der Waals surface area contributed by atoms with E-state index < -0.39 is 6.17 Å². The molecule has 0 radical (unpaired) electrons. The van der Waals surface area contributed by atoms with Gasteiger partial charge in [0, 0.05) is 18.2 Å². The maximum Gasteiger partial charge on any atom is 0.266 e. The molecule has 0 unspecified atom stereocenters. The van der Waals surface area contributed by atoms with Gasteiger partial charge in [-0.1, -0.05) is 42.5 Å². The molecule has 1 aliphatic rings. The van der Waals surface area contributed by atoms with Gasteiger partial charge in [0.05, 0.1) is 11.4 Å². The first-order valence-corrected chi connectivity index (χ1v) is 6.85. The number of benzene rings is 2. The molecule has 0 saturated carbocycles. The third-order valence-electron chi connectivity index (χ3n) is 3.67. The van der Waals surface area contributed by atoms with Crippen molar-refractivity contribution in [2.75, 3.05) is 11.9 Å². The number of aliphatic imine (C=N–C) groups is 1. The van der Waals surface area contributed by atoms with Crippen LogP contribution < -0.4 is 10.6 Å². The van der Waals surface area contributed by atoms with Crippen LogP contribution in [-0.2, 0) is 4.79 Å². The van der Waals surface area contributed by atoms with Gasteiger partial charge in [-0.25, -0.2) is 0 Å². The molecule has 2 aromatic rings. The maximum absolute atomic E-state index is 12.3. The quantitative estimate of drug-likeness (QED) is 0.869. The highest BCUT2D eigenvalue weighted by Gasteiger charge is 2.27. The van der Waals surface area contributed by atoms with E-state index in [-0.39, 0.29) is 5.91 Å². The van der Waals surface area contributed by atoms with Crippen molar-refractivity contribution >= 4 is 17.3 Å². The minimum absolute atomic E-state index is 0.201. The second kappa shape index (κ2) is 5.14. The summed E-state index contributed by atoms with van der Waals surface area (Å²) in [7, 11) is 1.74. The van der Waals surface area contributed by atoms with Crippen LogP contribution in [0, 0.1) is 6.92 Å². The molecule has 3 rings (SSSR count). The Balaban J connectivity index is 2.26. The highest BCUT2D eigenvalue weighted by Crippen LogP contribution is 2.27. The average molecular weight is 279 g/mol. The van der Waals surface area contributed by atoms with Gasteiger partial charge in [-0.05, 0) is 18.6 Å². The fourth-order valence-corrected chi connectivity index (χ4v) is 2.53. The smallest absolute Gasteiger partial charge is 0.266 e. The second-order valence-corrected chi connectivity index (χ2v) is 5.21. The Kier molecular flexibility index (Phi) is 3.31. The molecule has 0 spiro atoms. The summed E-state index contributed by atoms with van der Waals surface area (Å²) in [5.41, 5.74) is 10.5. The van der Waals surface area contributed by atoms with E-state index in [1.54, 1.807) is 11.9 Å². The van der Waals surface area contributed by atoms with Gasteiger partial charge in [-0.15, -0.1) is 0 Å². The first-order valence-electron chi connectivity index (χ1n) is 6.85. The van der Waals surface area contributed by atoms with Crippen LogP contribution in [0.2, 0.25) is 0 Å². The zero-order valence-corrected chi connectivity index (χ0v) is 12.1. The Labute approximate surface area is 123 Å². The van der Waals surface area contributed by atoms with Gasteiger partial charge in [0.2, 0.25) is 0 Å². The molecule has 0 fully saturated rings. The summed E-state index contributed by atoms with van der Waals surface area (Å²) in [6, 6.07) is 15.8. The predicted octanol–water partition coefficient (Wildman–Crippen LogP) is 2.09. The summed E-state index contributed by atoms with van der Waals surface area (Å²) in [5, 5.41) is 0. The summed E-state index contributed by atoms with van der Waals surface area (Å²) in [4.78, 5) is 18.3. The number of nitrogens with zero attached hydrogens (tertiary/aromatic N) is 2. The van der Waals surface area contributed by atoms with Crippen LogP contribution in [0.3, 0.4) is 0 Å². The van der Waals surface area contributed by atoms with Gasteiger partial charge in [0.15, 0.2) is 6.17 Å². The molecule has 4 nitrogen and oxygen atoms in total. The van der Waals surface area contributed by atoms with Crippen molar-refractivity contribution < 1.29 is 4.79 Å². The van der Waals surface area contributed by atoms with Crippen molar-refractivity contribution in [2.45, 2.75) is 13.1 Å². The largest absolute Gasteiger partial charge is 0.312 e. The Morgan fingerprint density at radius 2 is 1.86 bits per heavy atom. The van der Waals surface area contributed by atoms with Crippen LogP contribution in [0.5, 0.6) is 0 Å². The van der Waals surface area contributed by atoms with E-state index in [1.165, 1.54) is 0 Å². The number of hydrogen-bond acceptors (Lipinski definition) is 3. The van der Waals surface area contributed by atoms with Crippen molar-refractivity contribution in [1.82, 2.24) is 0 Å². The highest BCUT2D eigenvalue weighted by molar-refractivity contribution is 6.20. The topological polar surface area (TPSA) is 58.7 Å². The molecule has 1 atom stereocenters. The Morgan fingerprint density at radius 3 is 2.57 bits per heavy atom. The SMILES string of the molecule is Cc1ccc2c(c1)N(C)C(=O)[C@@H](N)N=C2c1ccccc1. The Hall–Kier alpha value is -2.46. The van der Waals surface area contributed by atoms with Gasteiger partial charge in [-0.3, -0.25) is 9.79 Å². The zero-order valence-electron chi connectivity index (χ0n) is 12.1. The van der Waals surface area contributed by atoms with Crippen molar-refractivity contribution in [3.8, 4) is 0 Å². The lowest BCUT2D eigenvalue weighted by molar-refractivity contribution is -0.119. The molecule has 0 saturated heterocycles. The predicted molar refractivity (Wildman–Crippen MR) is 84.6 cm³/mol. The monoisotopic (exact) mass is 279 g/mol. The van der Waals surface area contributed by atoms with Crippen LogP contribution in [0.1, 0.15) is 16.7 Å². The molecular formula is C17H17N3O. The number of carbonyl (C=O) groups excluding carboxylic acids is 1. The number of carbonyl (C=O) groups is 1. The van der Waals surface area contributed by atoms with Crippen LogP contribution in [0.15, 0.2) is 53.5 Å². The van der Waals surface area contributed by atoms with E-state index in [0.29, 0.717) is 0 Å². The number of amides is 1.